The summed E-state index contributed by atoms with van der Waals surface area (Å²) in [5.74, 6) is 0.704. The molecule has 1 aromatic carbocycles. The van der Waals surface area contributed by atoms with Crippen LogP contribution in [0.3, 0.4) is 0 Å². The van der Waals surface area contributed by atoms with Gasteiger partial charge >= 0.3 is 0 Å². The Morgan fingerprint density at radius 3 is 2.63 bits per heavy atom. The molecule has 4 aromatic rings. The third-order valence-corrected chi connectivity index (χ3v) is 5.67. The Morgan fingerprint density at radius 2 is 1.85 bits per heavy atom. The van der Waals surface area contributed by atoms with Crippen molar-refractivity contribution in [2.45, 2.75) is 25.0 Å². The van der Waals surface area contributed by atoms with Crippen LogP contribution in [-0.4, -0.2) is 33.7 Å². The highest BCUT2D eigenvalue weighted by Crippen LogP contribution is 2.32. The lowest BCUT2D eigenvalue weighted by atomic mass is 9.89. The maximum Gasteiger partial charge on any atom is 0.213 e. The van der Waals surface area contributed by atoms with Crippen LogP contribution in [-0.2, 0) is 7.05 Å². The fourth-order valence-corrected chi connectivity index (χ4v) is 3.92. The van der Waals surface area contributed by atoms with Gasteiger partial charge in [0, 0.05) is 59.6 Å². The molecule has 1 N–H and O–H groups in total. The predicted molar refractivity (Wildman–Crippen MR) is 108 cm³/mol. The van der Waals surface area contributed by atoms with E-state index in [1.165, 1.54) is 21.8 Å². The lowest BCUT2D eigenvalue weighted by Crippen LogP contribution is -2.45. The molecule has 1 fully saturated rings. The molecule has 0 radical (unpaired) electrons. The molecule has 1 aliphatic carbocycles. The second-order valence-electron chi connectivity index (χ2n) is 7.27. The first kappa shape index (κ1) is 16.3. The summed E-state index contributed by atoms with van der Waals surface area (Å²) < 4.78 is 8.16. The molecule has 1 saturated carbocycles. The Bertz CT molecular complexity index is 1110. The predicted octanol–water partition coefficient (Wildman–Crippen LogP) is 3.92. The lowest BCUT2D eigenvalue weighted by molar-refractivity contribution is 0.0839. The topological polar surface area (TPSA) is 52.0 Å². The van der Waals surface area contributed by atoms with Crippen molar-refractivity contribution in [1.29, 1.82) is 0 Å². The summed E-state index contributed by atoms with van der Waals surface area (Å²) in [6, 6.07) is 13.2. The van der Waals surface area contributed by atoms with E-state index in [1.54, 1.807) is 0 Å². The van der Waals surface area contributed by atoms with E-state index >= 15 is 0 Å². The molecule has 0 aliphatic heterocycles. The van der Waals surface area contributed by atoms with Gasteiger partial charge in [-0.25, -0.2) is 4.98 Å². The SMILES string of the molecule is CNC1CC(Oc2ccc(-c3ccc4c5cnccc5n(C)c4c3)cn2)C1. The van der Waals surface area contributed by atoms with Gasteiger partial charge in [-0.2, -0.15) is 0 Å². The number of ether oxygens (including phenoxy) is 1. The minimum absolute atomic E-state index is 0.279. The van der Waals surface area contributed by atoms with Gasteiger partial charge in [0.15, 0.2) is 0 Å². The molecule has 1 aliphatic rings. The Kier molecular flexibility index (Phi) is 3.83. The number of hydrogen-bond acceptors (Lipinski definition) is 4. The van der Waals surface area contributed by atoms with Gasteiger partial charge in [-0.1, -0.05) is 12.1 Å². The molecular weight excluding hydrogens is 336 g/mol. The lowest BCUT2D eigenvalue weighted by Gasteiger charge is -2.34. The van der Waals surface area contributed by atoms with Crippen LogP contribution >= 0.6 is 0 Å². The highest BCUT2D eigenvalue weighted by Gasteiger charge is 2.29. The molecule has 0 unspecified atom stereocenters. The van der Waals surface area contributed by atoms with Crippen molar-refractivity contribution in [3.63, 3.8) is 0 Å². The van der Waals surface area contributed by atoms with E-state index < -0.39 is 0 Å². The van der Waals surface area contributed by atoms with Gasteiger partial charge in [0.25, 0.3) is 0 Å². The summed E-state index contributed by atoms with van der Waals surface area (Å²) >= 11 is 0. The maximum atomic E-state index is 5.94. The van der Waals surface area contributed by atoms with Crippen LogP contribution in [0, 0.1) is 0 Å². The average Bonchev–Trinajstić information content (AvgIpc) is 2.97. The van der Waals surface area contributed by atoms with Crippen LogP contribution in [0.1, 0.15) is 12.8 Å². The molecule has 27 heavy (non-hydrogen) atoms. The standard InChI is InChI=1S/C22H22N4O/c1-23-16-10-17(11-16)27-22-6-4-15(12-25-22)14-3-5-18-19-13-24-8-7-20(19)26(2)21(18)9-14/h3-9,12-13,16-17,23H,10-11H2,1-2H3. The van der Waals surface area contributed by atoms with Gasteiger partial charge in [0.1, 0.15) is 6.10 Å². The van der Waals surface area contributed by atoms with Crippen LogP contribution in [0.4, 0.5) is 0 Å². The summed E-state index contributed by atoms with van der Waals surface area (Å²) in [6.07, 6.45) is 8.05. The number of benzene rings is 1. The second-order valence-corrected chi connectivity index (χ2v) is 7.27. The van der Waals surface area contributed by atoms with E-state index in [2.05, 4.69) is 57.2 Å². The van der Waals surface area contributed by atoms with Gasteiger partial charge < -0.3 is 14.6 Å². The Balaban J connectivity index is 1.43. The van der Waals surface area contributed by atoms with Crippen LogP contribution in [0.15, 0.2) is 55.0 Å². The van der Waals surface area contributed by atoms with E-state index in [0.29, 0.717) is 11.9 Å². The Morgan fingerprint density at radius 1 is 1.00 bits per heavy atom. The fourth-order valence-electron chi connectivity index (χ4n) is 3.92. The van der Waals surface area contributed by atoms with Gasteiger partial charge in [0.05, 0.1) is 5.52 Å². The molecule has 0 spiro atoms. The smallest absolute Gasteiger partial charge is 0.213 e. The first-order valence-electron chi connectivity index (χ1n) is 9.35. The van der Waals surface area contributed by atoms with Crippen LogP contribution < -0.4 is 10.1 Å². The number of hydrogen-bond donors (Lipinski definition) is 1. The fraction of sp³-hybridized carbons (Fsp3) is 0.273. The van der Waals surface area contributed by atoms with Crippen LogP contribution in [0.2, 0.25) is 0 Å². The number of aromatic nitrogens is 3. The molecule has 3 heterocycles. The van der Waals surface area contributed by atoms with Crippen LogP contribution in [0.5, 0.6) is 5.88 Å². The first-order valence-corrected chi connectivity index (χ1v) is 9.35. The molecular formula is C22H22N4O. The number of fused-ring (bicyclic) bond motifs is 3. The zero-order valence-corrected chi connectivity index (χ0v) is 15.5. The summed E-state index contributed by atoms with van der Waals surface area (Å²) in [5.41, 5.74) is 4.64. The van der Waals surface area contributed by atoms with Crippen molar-refractivity contribution in [2.24, 2.45) is 7.05 Å². The molecule has 5 rings (SSSR count). The minimum Gasteiger partial charge on any atom is -0.474 e. The molecule has 3 aromatic heterocycles. The zero-order chi connectivity index (χ0) is 18.4. The summed E-state index contributed by atoms with van der Waals surface area (Å²) in [5, 5.41) is 5.68. The summed E-state index contributed by atoms with van der Waals surface area (Å²) in [6.45, 7) is 0. The molecule has 0 amide bonds. The monoisotopic (exact) mass is 358 g/mol. The van der Waals surface area contributed by atoms with Crippen molar-refractivity contribution in [1.82, 2.24) is 19.9 Å². The largest absolute Gasteiger partial charge is 0.474 e. The minimum atomic E-state index is 0.279. The maximum absolute atomic E-state index is 5.94. The van der Waals surface area contributed by atoms with Gasteiger partial charge in [0.2, 0.25) is 5.88 Å². The van der Waals surface area contributed by atoms with Crippen molar-refractivity contribution in [3.05, 3.63) is 55.0 Å². The summed E-state index contributed by atoms with van der Waals surface area (Å²) in [7, 11) is 4.09. The summed E-state index contributed by atoms with van der Waals surface area (Å²) in [4.78, 5) is 8.78. The van der Waals surface area contributed by atoms with Crippen LogP contribution in [0.25, 0.3) is 32.9 Å². The van der Waals surface area contributed by atoms with Gasteiger partial charge in [-0.05, 0) is 43.7 Å². The van der Waals surface area contributed by atoms with Crippen molar-refractivity contribution in [2.75, 3.05) is 7.05 Å². The number of nitrogens with one attached hydrogen (secondary N) is 1. The quantitative estimate of drug-likeness (QED) is 0.601. The molecule has 136 valence electrons. The normalized spacial score (nSPS) is 19.3. The number of aryl methyl sites for hydroxylation is 1. The van der Waals surface area contributed by atoms with E-state index in [9.17, 15) is 0 Å². The highest BCUT2D eigenvalue weighted by molar-refractivity contribution is 6.08. The molecule has 0 atom stereocenters. The van der Waals surface area contributed by atoms with E-state index in [-0.39, 0.29) is 6.10 Å². The third-order valence-electron chi connectivity index (χ3n) is 5.67. The first-order chi connectivity index (χ1) is 13.2. The number of rotatable bonds is 4. The van der Waals surface area contributed by atoms with Crippen molar-refractivity contribution < 1.29 is 4.74 Å². The Hall–Kier alpha value is -2.92. The molecule has 0 bridgehead atoms. The van der Waals surface area contributed by atoms with Gasteiger partial charge in [-0.15, -0.1) is 0 Å². The zero-order valence-electron chi connectivity index (χ0n) is 15.5. The number of pyridine rings is 2. The highest BCUT2D eigenvalue weighted by atomic mass is 16.5. The van der Waals surface area contributed by atoms with Crippen molar-refractivity contribution in [3.8, 4) is 17.0 Å². The molecule has 5 heteroatoms. The van der Waals surface area contributed by atoms with Crippen molar-refractivity contribution >= 4 is 21.8 Å². The average molecular weight is 358 g/mol. The van der Waals surface area contributed by atoms with E-state index in [1.807, 2.05) is 31.7 Å². The van der Waals surface area contributed by atoms with E-state index in [0.717, 1.165) is 24.0 Å². The number of nitrogens with zero attached hydrogens (tertiary/aromatic N) is 3. The Labute approximate surface area is 158 Å². The van der Waals surface area contributed by atoms with E-state index in [4.69, 9.17) is 4.74 Å². The third kappa shape index (κ3) is 2.75. The molecule has 5 nitrogen and oxygen atoms in total. The second kappa shape index (κ2) is 6.35. The van der Waals surface area contributed by atoms with Gasteiger partial charge in [-0.3, -0.25) is 4.98 Å². The molecule has 0 saturated heterocycles.